The molecule has 3 nitrogen and oxygen atoms in total. The van der Waals surface area contributed by atoms with Crippen LogP contribution in [0.2, 0.25) is 19.6 Å². The Morgan fingerprint density at radius 1 is 1.54 bits per heavy atom. The molecule has 13 heavy (non-hydrogen) atoms. The molecule has 0 amide bonds. The Morgan fingerprint density at radius 2 is 2.00 bits per heavy atom. The van der Waals surface area contributed by atoms with Crippen LogP contribution in [0.3, 0.4) is 0 Å². The summed E-state index contributed by atoms with van der Waals surface area (Å²) in [6.07, 6.45) is 0. The summed E-state index contributed by atoms with van der Waals surface area (Å²) in [5.74, 6) is -0.415. The fourth-order valence-corrected chi connectivity index (χ4v) is 1.73. The molecule has 0 spiro atoms. The molecule has 0 rings (SSSR count). The van der Waals surface area contributed by atoms with Gasteiger partial charge >= 0.3 is 5.97 Å². The molecule has 0 bridgehead atoms. The lowest BCUT2D eigenvalue weighted by molar-refractivity contribution is -0.142. The summed E-state index contributed by atoms with van der Waals surface area (Å²) in [6.45, 7) is 11.1. The monoisotopic (exact) mass is 202 g/mol. The Hall–Kier alpha value is -0.613. The van der Waals surface area contributed by atoms with Gasteiger partial charge in [-0.05, 0) is 6.92 Å². The topological polar surface area (TPSA) is 46.5 Å². The molecule has 0 aliphatic heterocycles. The minimum absolute atomic E-state index is 0.102. The Bertz CT molecular complexity index is 205. The van der Waals surface area contributed by atoms with E-state index in [1.165, 1.54) is 0 Å². The maximum absolute atomic E-state index is 11.1. The van der Waals surface area contributed by atoms with Gasteiger partial charge in [-0.15, -0.1) is 0 Å². The fraction of sp³-hybridized carbons (Fsp3) is 0.667. The van der Waals surface area contributed by atoms with Crippen LogP contribution in [0.15, 0.2) is 12.2 Å². The van der Waals surface area contributed by atoms with Gasteiger partial charge in [-0.3, -0.25) is 0 Å². The van der Waals surface area contributed by atoms with Crippen molar-refractivity contribution < 1.29 is 14.6 Å². The number of aliphatic hydroxyl groups is 1. The molecule has 0 heterocycles. The van der Waals surface area contributed by atoms with Crippen molar-refractivity contribution >= 4 is 14.0 Å². The van der Waals surface area contributed by atoms with Crippen LogP contribution in [-0.2, 0) is 9.53 Å². The second-order valence-corrected chi connectivity index (χ2v) is 9.60. The average molecular weight is 202 g/mol. The van der Waals surface area contributed by atoms with Crippen molar-refractivity contribution in [2.24, 2.45) is 0 Å². The first-order valence-corrected chi connectivity index (χ1v) is 7.84. The molecule has 0 saturated carbocycles. The summed E-state index contributed by atoms with van der Waals surface area (Å²) in [7, 11) is -1.63. The summed E-state index contributed by atoms with van der Waals surface area (Å²) < 4.78 is 5.10. The van der Waals surface area contributed by atoms with Gasteiger partial charge in [0.1, 0.15) is 5.73 Å². The largest absolute Gasteiger partial charge is 0.461 e. The predicted octanol–water partition coefficient (Wildman–Crippen LogP) is 1.34. The van der Waals surface area contributed by atoms with Crippen molar-refractivity contribution in [3.05, 3.63) is 12.2 Å². The van der Waals surface area contributed by atoms with E-state index in [0.29, 0.717) is 5.57 Å². The molecule has 0 aromatic rings. The van der Waals surface area contributed by atoms with Crippen LogP contribution in [0.25, 0.3) is 0 Å². The van der Waals surface area contributed by atoms with Crippen molar-refractivity contribution in [1.29, 1.82) is 0 Å². The highest BCUT2D eigenvalue weighted by Gasteiger charge is 2.29. The molecule has 1 atom stereocenters. The lowest BCUT2D eigenvalue weighted by Gasteiger charge is -2.26. The van der Waals surface area contributed by atoms with E-state index in [1.54, 1.807) is 6.92 Å². The van der Waals surface area contributed by atoms with Crippen molar-refractivity contribution in [2.45, 2.75) is 32.3 Å². The van der Waals surface area contributed by atoms with Crippen LogP contribution in [-0.4, -0.2) is 31.5 Å². The molecule has 76 valence electrons. The van der Waals surface area contributed by atoms with Gasteiger partial charge in [0.25, 0.3) is 0 Å². The van der Waals surface area contributed by atoms with Gasteiger partial charge in [0, 0.05) is 5.57 Å². The van der Waals surface area contributed by atoms with E-state index in [2.05, 4.69) is 6.58 Å². The Labute approximate surface area is 80.4 Å². The molecule has 1 unspecified atom stereocenters. The third kappa shape index (κ3) is 4.24. The Morgan fingerprint density at radius 3 is 2.23 bits per heavy atom. The first-order valence-electron chi connectivity index (χ1n) is 4.26. The zero-order valence-corrected chi connectivity index (χ0v) is 9.76. The van der Waals surface area contributed by atoms with E-state index < -0.39 is 14.0 Å². The third-order valence-electron chi connectivity index (χ3n) is 1.73. The SMILES string of the molecule is C=C(C)C(=O)OC(CO)[Si](C)(C)C. The second kappa shape index (κ2) is 4.57. The lowest BCUT2D eigenvalue weighted by Crippen LogP contribution is -2.44. The third-order valence-corrected chi connectivity index (χ3v) is 3.96. The Kier molecular flexibility index (Phi) is 4.36. The van der Waals surface area contributed by atoms with Gasteiger partial charge in [0.2, 0.25) is 0 Å². The normalized spacial score (nSPS) is 13.6. The fourth-order valence-electron chi connectivity index (χ4n) is 0.718. The number of ether oxygens (including phenoxy) is 1. The quantitative estimate of drug-likeness (QED) is 0.425. The number of carbonyl (C=O) groups excluding carboxylic acids is 1. The molecule has 0 aromatic carbocycles. The van der Waals surface area contributed by atoms with Crippen LogP contribution < -0.4 is 0 Å². The molecule has 0 aromatic heterocycles. The zero-order valence-electron chi connectivity index (χ0n) is 8.76. The molecular formula is C9H18O3Si. The summed E-state index contributed by atoms with van der Waals surface area (Å²) >= 11 is 0. The first kappa shape index (κ1) is 12.4. The minimum atomic E-state index is -1.63. The van der Waals surface area contributed by atoms with E-state index >= 15 is 0 Å². The van der Waals surface area contributed by atoms with E-state index in [4.69, 9.17) is 9.84 Å². The zero-order chi connectivity index (χ0) is 10.6. The molecule has 0 radical (unpaired) electrons. The standard InChI is InChI=1S/C9H18O3Si/c1-7(2)9(11)12-8(6-10)13(3,4)5/h8,10H,1,6H2,2-5H3. The van der Waals surface area contributed by atoms with Gasteiger partial charge in [0.05, 0.1) is 14.7 Å². The highest BCUT2D eigenvalue weighted by molar-refractivity contribution is 6.77. The van der Waals surface area contributed by atoms with Crippen LogP contribution in [0.4, 0.5) is 0 Å². The maximum Gasteiger partial charge on any atom is 0.333 e. The van der Waals surface area contributed by atoms with Gasteiger partial charge in [-0.1, -0.05) is 26.2 Å². The second-order valence-electron chi connectivity index (χ2n) is 4.22. The van der Waals surface area contributed by atoms with Crippen molar-refractivity contribution in [3.8, 4) is 0 Å². The van der Waals surface area contributed by atoms with E-state index in [1.807, 2.05) is 19.6 Å². The van der Waals surface area contributed by atoms with Crippen LogP contribution in [0.1, 0.15) is 6.92 Å². The number of esters is 1. The van der Waals surface area contributed by atoms with Crippen LogP contribution in [0, 0.1) is 0 Å². The number of hydrogen-bond acceptors (Lipinski definition) is 3. The van der Waals surface area contributed by atoms with Gasteiger partial charge in [-0.25, -0.2) is 4.79 Å². The highest BCUT2D eigenvalue weighted by Crippen LogP contribution is 2.12. The van der Waals surface area contributed by atoms with Crippen molar-refractivity contribution in [1.82, 2.24) is 0 Å². The van der Waals surface area contributed by atoms with E-state index in [0.717, 1.165) is 0 Å². The number of carbonyl (C=O) groups is 1. The minimum Gasteiger partial charge on any atom is -0.461 e. The average Bonchev–Trinajstić information content (AvgIpc) is 1.96. The molecule has 0 saturated heterocycles. The van der Waals surface area contributed by atoms with Crippen molar-refractivity contribution in [2.75, 3.05) is 6.61 Å². The highest BCUT2D eigenvalue weighted by atomic mass is 28.3. The van der Waals surface area contributed by atoms with Gasteiger partial charge < -0.3 is 9.84 Å². The maximum atomic E-state index is 11.1. The summed E-state index contributed by atoms with van der Waals surface area (Å²) in [4.78, 5) is 11.1. The molecule has 1 N–H and O–H groups in total. The van der Waals surface area contributed by atoms with E-state index in [9.17, 15) is 4.79 Å². The van der Waals surface area contributed by atoms with Gasteiger partial charge in [-0.2, -0.15) is 0 Å². The summed E-state index contributed by atoms with van der Waals surface area (Å²) in [5.41, 5.74) is 0.0356. The van der Waals surface area contributed by atoms with Crippen LogP contribution >= 0.6 is 0 Å². The molecular weight excluding hydrogens is 184 g/mol. The summed E-state index contributed by atoms with van der Waals surface area (Å²) in [5, 5.41) is 9.02. The van der Waals surface area contributed by atoms with Crippen molar-refractivity contribution in [3.63, 3.8) is 0 Å². The number of hydrogen-bond donors (Lipinski definition) is 1. The summed E-state index contributed by atoms with van der Waals surface area (Å²) in [6, 6.07) is 0. The molecule has 0 fully saturated rings. The van der Waals surface area contributed by atoms with E-state index in [-0.39, 0.29) is 12.3 Å². The van der Waals surface area contributed by atoms with Crippen LogP contribution in [0.5, 0.6) is 0 Å². The Balaban J connectivity index is 4.31. The predicted molar refractivity (Wildman–Crippen MR) is 55.1 cm³/mol. The number of aliphatic hydroxyl groups excluding tert-OH is 1. The molecule has 0 aliphatic carbocycles. The van der Waals surface area contributed by atoms with Gasteiger partial charge in [0.15, 0.2) is 0 Å². The molecule has 4 heteroatoms. The first-order chi connectivity index (χ1) is 5.79. The molecule has 0 aliphatic rings. The lowest BCUT2D eigenvalue weighted by atomic mass is 10.4. The number of rotatable bonds is 4. The smallest absolute Gasteiger partial charge is 0.333 e.